The second-order valence-corrected chi connectivity index (χ2v) is 3.76. The Morgan fingerprint density at radius 2 is 2.50 bits per heavy atom. The molecule has 1 fully saturated rings. The van der Waals surface area contributed by atoms with Crippen molar-refractivity contribution in [2.75, 3.05) is 5.75 Å². The zero-order valence-corrected chi connectivity index (χ0v) is 6.08. The van der Waals surface area contributed by atoms with Crippen LogP contribution in [0.2, 0.25) is 0 Å². The predicted octanol–water partition coefficient (Wildman–Crippen LogP) is 1.23. The summed E-state index contributed by atoms with van der Waals surface area (Å²) in [5.41, 5.74) is 5.68. The number of hydrogen-bond acceptors (Lipinski definition) is 2. The van der Waals surface area contributed by atoms with Crippen LogP contribution in [-0.4, -0.2) is 17.0 Å². The Morgan fingerprint density at radius 1 is 1.75 bits per heavy atom. The monoisotopic (exact) mass is 131 g/mol. The molecule has 1 unspecified atom stereocenters. The molecule has 0 aromatic carbocycles. The van der Waals surface area contributed by atoms with Gasteiger partial charge in [0, 0.05) is 11.3 Å². The van der Waals surface area contributed by atoms with E-state index < -0.39 is 0 Å². The van der Waals surface area contributed by atoms with Crippen molar-refractivity contribution in [3.05, 3.63) is 0 Å². The molecular formula is C6H13NS. The topological polar surface area (TPSA) is 26.0 Å². The third-order valence-corrected chi connectivity index (χ3v) is 3.17. The van der Waals surface area contributed by atoms with E-state index in [1.807, 2.05) is 11.8 Å². The Balaban J connectivity index is 2.24. The minimum Gasteiger partial charge on any atom is -0.327 e. The summed E-state index contributed by atoms with van der Waals surface area (Å²) >= 11 is 2.03. The molecule has 1 aliphatic rings. The standard InChI is InChI=1S/C6H13NS/c1-5(7)6-3-2-4-8-6/h5-6H,2-4,7H2,1H3/t5-,6?/m0/s1. The van der Waals surface area contributed by atoms with Crippen LogP contribution in [0.5, 0.6) is 0 Å². The maximum Gasteiger partial charge on any atom is 0.0196 e. The van der Waals surface area contributed by atoms with Gasteiger partial charge < -0.3 is 5.73 Å². The quantitative estimate of drug-likeness (QED) is 0.579. The lowest BCUT2D eigenvalue weighted by atomic mass is 10.2. The van der Waals surface area contributed by atoms with Gasteiger partial charge in [0.15, 0.2) is 0 Å². The number of nitrogens with two attached hydrogens (primary N) is 1. The van der Waals surface area contributed by atoms with Crippen LogP contribution in [0.15, 0.2) is 0 Å². The van der Waals surface area contributed by atoms with Gasteiger partial charge in [-0.3, -0.25) is 0 Å². The first-order chi connectivity index (χ1) is 3.80. The molecule has 0 amide bonds. The first kappa shape index (κ1) is 6.43. The molecule has 1 rings (SSSR count). The average molecular weight is 131 g/mol. The lowest BCUT2D eigenvalue weighted by Crippen LogP contribution is -2.26. The maximum atomic E-state index is 5.68. The molecular weight excluding hydrogens is 118 g/mol. The minimum atomic E-state index is 0.405. The van der Waals surface area contributed by atoms with Gasteiger partial charge in [-0.25, -0.2) is 0 Å². The van der Waals surface area contributed by atoms with Crippen LogP contribution in [0.25, 0.3) is 0 Å². The lowest BCUT2D eigenvalue weighted by Gasteiger charge is -2.10. The molecule has 0 aliphatic carbocycles. The summed E-state index contributed by atoms with van der Waals surface area (Å²) in [6.07, 6.45) is 2.71. The van der Waals surface area contributed by atoms with Crippen molar-refractivity contribution in [3.63, 3.8) is 0 Å². The number of rotatable bonds is 1. The van der Waals surface area contributed by atoms with Gasteiger partial charge in [-0.1, -0.05) is 0 Å². The van der Waals surface area contributed by atoms with E-state index in [0.29, 0.717) is 6.04 Å². The second-order valence-electron chi connectivity index (χ2n) is 2.41. The molecule has 0 aromatic rings. The summed E-state index contributed by atoms with van der Waals surface area (Å²) in [5.74, 6) is 1.33. The van der Waals surface area contributed by atoms with Gasteiger partial charge in [-0.15, -0.1) is 0 Å². The summed E-state index contributed by atoms with van der Waals surface area (Å²) in [6.45, 7) is 2.10. The molecule has 0 aromatic heterocycles. The molecule has 1 saturated heterocycles. The molecule has 2 heteroatoms. The Hall–Kier alpha value is 0.310. The van der Waals surface area contributed by atoms with E-state index in [-0.39, 0.29) is 0 Å². The van der Waals surface area contributed by atoms with Crippen molar-refractivity contribution < 1.29 is 0 Å². The maximum absolute atomic E-state index is 5.68. The Morgan fingerprint density at radius 3 is 2.75 bits per heavy atom. The Bertz CT molecular complexity index is 66.9. The van der Waals surface area contributed by atoms with Crippen LogP contribution in [0.1, 0.15) is 19.8 Å². The second kappa shape index (κ2) is 2.74. The highest BCUT2D eigenvalue weighted by Crippen LogP contribution is 2.27. The van der Waals surface area contributed by atoms with Crippen molar-refractivity contribution in [2.45, 2.75) is 31.1 Å². The fourth-order valence-corrected chi connectivity index (χ4v) is 2.29. The van der Waals surface area contributed by atoms with Crippen molar-refractivity contribution in [1.82, 2.24) is 0 Å². The van der Waals surface area contributed by atoms with Crippen molar-refractivity contribution in [3.8, 4) is 0 Å². The van der Waals surface area contributed by atoms with Crippen molar-refractivity contribution in [1.29, 1.82) is 0 Å². The Labute approximate surface area is 55.0 Å². The molecule has 2 atom stereocenters. The van der Waals surface area contributed by atoms with Crippen LogP contribution in [0, 0.1) is 0 Å². The molecule has 8 heavy (non-hydrogen) atoms. The first-order valence-electron chi connectivity index (χ1n) is 3.18. The van der Waals surface area contributed by atoms with E-state index in [1.54, 1.807) is 0 Å². The highest BCUT2D eigenvalue weighted by molar-refractivity contribution is 8.00. The van der Waals surface area contributed by atoms with Crippen LogP contribution in [0.3, 0.4) is 0 Å². The fraction of sp³-hybridized carbons (Fsp3) is 1.00. The zero-order chi connectivity index (χ0) is 5.98. The zero-order valence-electron chi connectivity index (χ0n) is 5.26. The molecule has 0 radical (unpaired) electrons. The van der Waals surface area contributed by atoms with Gasteiger partial charge >= 0.3 is 0 Å². The summed E-state index contributed by atoms with van der Waals surface area (Å²) in [6, 6.07) is 0.405. The highest BCUT2D eigenvalue weighted by atomic mass is 32.2. The molecule has 2 N–H and O–H groups in total. The molecule has 48 valence electrons. The minimum absolute atomic E-state index is 0.405. The van der Waals surface area contributed by atoms with Gasteiger partial charge in [0.1, 0.15) is 0 Å². The highest BCUT2D eigenvalue weighted by Gasteiger charge is 2.18. The van der Waals surface area contributed by atoms with E-state index in [1.165, 1.54) is 18.6 Å². The largest absolute Gasteiger partial charge is 0.327 e. The van der Waals surface area contributed by atoms with E-state index in [2.05, 4.69) is 6.92 Å². The van der Waals surface area contributed by atoms with Crippen LogP contribution in [0.4, 0.5) is 0 Å². The average Bonchev–Trinajstić information content (AvgIpc) is 2.12. The number of thioether (sulfide) groups is 1. The van der Waals surface area contributed by atoms with E-state index >= 15 is 0 Å². The van der Waals surface area contributed by atoms with E-state index in [4.69, 9.17) is 5.73 Å². The van der Waals surface area contributed by atoms with E-state index in [0.717, 1.165) is 5.25 Å². The molecule has 0 saturated carbocycles. The predicted molar refractivity (Wildman–Crippen MR) is 39.1 cm³/mol. The molecule has 1 nitrogen and oxygen atoms in total. The van der Waals surface area contributed by atoms with Crippen LogP contribution < -0.4 is 5.73 Å². The normalized spacial score (nSPS) is 33.0. The molecule has 0 bridgehead atoms. The molecule has 1 aliphatic heterocycles. The van der Waals surface area contributed by atoms with Crippen molar-refractivity contribution in [2.24, 2.45) is 5.73 Å². The van der Waals surface area contributed by atoms with Gasteiger partial charge in [-0.05, 0) is 25.5 Å². The first-order valence-corrected chi connectivity index (χ1v) is 4.23. The van der Waals surface area contributed by atoms with Gasteiger partial charge in [0.2, 0.25) is 0 Å². The Kier molecular flexibility index (Phi) is 2.20. The number of hydrogen-bond donors (Lipinski definition) is 1. The third kappa shape index (κ3) is 1.39. The van der Waals surface area contributed by atoms with Crippen LogP contribution in [-0.2, 0) is 0 Å². The third-order valence-electron chi connectivity index (χ3n) is 1.55. The van der Waals surface area contributed by atoms with Gasteiger partial charge in [0.25, 0.3) is 0 Å². The summed E-state index contributed by atoms with van der Waals surface area (Å²) < 4.78 is 0. The van der Waals surface area contributed by atoms with Crippen molar-refractivity contribution >= 4 is 11.8 Å². The molecule has 1 heterocycles. The van der Waals surface area contributed by atoms with E-state index in [9.17, 15) is 0 Å². The smallest absolute Gasteiger partial charge is 0.0196 e. The summed E-state index contributed by atoms with van der Waals surface area (Å²) in [7, 11) is 0. The molecule has 0 spiro atoms. The van der Waals surface area contributed by atoms with Crippen LogP contribution >= 0.6 is 11.8 Å². The fourth-order valence-electron chi connectivity index (χ4n) is 1.02. The summed E-state index contributed by atoms with van der Waals surface area (Å²) in [4.78, 5) is 0. The van der Waals surface area contributed by atoms with Gasteiger partial charge in [0.05, 0.1) is 0 Å². The van der Waals surface area contributed by atoms with Gasteiger partial charge in [-0.2, -0.15) is 11.8 Å². The SMILES string of the molecule is C[C@H](N)C1CCCS1. The summed E-state index contributed by atoms with van der Waals surface area (Å²) in [5, 5.41) is 0.759. The lowest BCUT2D eigenvalue weighted by molar-refractivity contribution is 0.658.